The molecule has 6 nitrogen and oxygen atoms in total. The first-order valence-electron chi connectivity index (χ1n) is 7.34. The fourth-order valence-electron chi connectivity index (χ4n) is 2.62. The number of rotatable bonds is 4. The van der Waals surface area contributed by atoms with Crippen LogP contribution in [0.4, 0.5) is 21.6 Å². The Morgan fingerprint density at radius 3 is 2.58 bits per heavy atom. The van der Waals surface area contributed by atoms with Crippen molar-refractivity contribution < 1.29 is 4.39 Å². The lowest BCUT2D eigenvalue weighted by molar-refractivity contribution is 0.633. The van der Waals surface area contributed by atoms with Crippen molar-refractivity contribution in [2.45, 2.75) is 0 Å². The fourth-order valence-corrected chi connectivity index (χ4v) is 2.62. The van der Waals surface area contributed by atoms with E-state index in [4.69, 9.17) is 10.8 Å². The smallest absolute Gasteiger partial charge is 0.229 e. The molecule has 0 radical (unpaired) electrons. The van der Waals surface area contributed by atoms with Crippen LogP contribution < -0.4 is 15.8 Å². The molecule has 0 unspecified atom stereocenters. The Hall–Kier alpha value is -3.22. The lowest BCUT2D eigenvalue weighted by Crippen LogP contribution is -2.26. The molecule has 1 aromatic heterocycles. The Morgan fingerprint density at radius 2 is 1.96 bits per heavy atom. The van der Waals surface area contributed by atoms with Gasteiger partial charge in [-0.3, -0.25) is 15.4 Å². The average molecular weight is 324 g/mol. The molecule has 3 aromatic rings. The first-order chi connectivity index (χ1) is 11.6. The lowest BCUT2D eigenvalue weighted by Gasteiger charge is -2.21. The van der Waals surface area contributed by atoms with Gasteiger partial charge in [0.2, 0.25) is 5.62 Å². The van der Waals surface area contributed by atoms with E-state index in [1.54, 1.807) is 18.0 Å². The standard InChI is InChI=1S/C17H17FN6/c1-21-14-9-15-12(8-13(14)18)16(22-17(20)24(15)10-19)23(2)11-6-4-3-5-7-11/h3-10,19-21H,1-2H3. The summed E-state index contributed by atoms with van der Waals surface area (Å²) in [4.78, 5) is 6.06. The third-order valence-corrected chi connectivity index (χ3v) is 3.89. The summed E-state index contributed by atoms with van der Waals surface area (Å²) in [5.41, 5.74) is 1.62. The van der Waals surface area contributed by atoms with E-state index < -0.39 is 5.82 Å². The van der Waals surface area contributed by atoms with Crippen molar-refractivity contribution in [2.24, 2.45) is 0 Å². The van der Waals surface area contributed by atoms with Crippen LogP contribution in [0.3, 0.4) is 0 Å². The van der Waals surface area contributed by atoms with Gasteiger partial charge in [-0.15, -0.1) is 0 Å². The van der Waals surface area contributed by atoms with E-state index in [0.717, 1.165) is 12.0 Å². The van der Waals surface area contributed by atoms with Crippen LogP contribution in [0.15, 0.2) is 42.5 Å². The van der Waals surface area contributed by atoms with E-state index in [-0.39, 0.29) is 5.62 Å². The van der Waals surface area contributed by atoms with E-state index in [9.17, 15) is 4.39 Å². The van der Waals surface area contributed by atoms with Crippen LogP contribution in [-0.4, -0.2) is 30.0 Å². The molecule has 3 rings (SSSR count). The number of fused-ring (bicyclic) bond motifs is 1. The molecule has 0 aliphatic heterocycles. The van der Waals surface area contributed by atoms with Crippen molar-refractivity contribution in [3.63, 3.8) is 0 Å². The maximum atomic E-state index is 14.3. The van der Waals surface area contributed by atoms with Gasteiger partial charge in [-0.2, -0.15) is 4.98 Å². The number of benzene rings is 2. The number of para-hydroxylation sites is 1. The minimum Gasteiger partial charge on any atom is -0.386 e. The molecule has 0 aliphatic carbocycles. The molecular weight excluding hydrogens is 307 g/mol. The normalized spacial score (nSPS) is 10.6. The first-order valence-corrected chi connectivity index (χ1v) is 7.34. The highest BCUT2D eigenvalue weighted by Crippen LogP contribution is 2.30. The second-order valence-electron chi connectivity index (χ2n) is 5.25. The molecule has 0 atom stereocenters. The monoisotopic (exact) mass is 324 g/mol. The molecule has 3 N–H and O–H groups in total. The second kappa shape index (κ2) is 6.11. The topological polar surface area (TPSA) is 80.8 Å². The van der Waals surface area contributed by atoms with E-state index >= 15 is 0 Å². The van der Waals surface area contributed by atoms with Gasteiger partial charge in [0.1, 0.15) is 11.6 Å². The quantitative estimate of drug-likeness (QED) is 0.510. The Labute approximate surface area is 138 Å². The number of aromatic nitrogens is 2. The van der Waals surface area contributed by atoms with Gasteiger partial charge in [-0.1, -0.05) is 18.2 Å². The van der Waals surface area contributed by atoms with Crippen LogP contribution in [0, 0.1) is 16.6 Å². The minimum absolute atomic E-state index is 0.0936. The molecule has 0 amide bonds. The molecule has 7 heteroatoms. The summed E-state index contributed by atoms with van der Waals surface area (Å²) in [6.07, 6.45) is 1.00. The molecule has 0 saturated carbocycles. The number of anilines is 3. The van der Waals surface area contributed by atoms with Gasteiger partial charge in [0, 0.05) is 25.2 Å². The zero-order valence-corrected chi connectivity index (χ0v) is 13.3. The molecular formula is C17H17FN6. The van der Waals surface area contributed by atoms with Gasteiger partial charge in [0.25, 0.3) is 0 Å². The Morgan fingerprint density at radius 1 is 1.25 bits per heavy atom. The molecule has 0 fully saturated rings. The Bertz CT molecular complexity index is 964. The largest absolute Gasteiger partial charge is 0.386 e. The molecule has 0 saturated heterocycles. The third kappa shape index (κ3) is 2.50. The summed E-state index contributed by atoms with van der Waals surface area (Å²) in [5.74, 6) is 0.0459. The summed E-state index contributed by atoms with van der Waals surface area (Å²) in [6, 6.07) is 12.5. The Balaban J connectivity index is 2.35. The number of nitrogens with zero attached hydrogens (tertiary/aromatic N) is 3. The van der Waals surface area contributed by atoms with E-state index in [0.29, 0.717) is 22.4 Å². The summed E-state index contributed by atoms with van der Waals surface area (Å²) < 4.78 is 15.6. The minimum atomic E-state index is -0.413. The van der Waals surface area contributed by atoms with Crippen LogP contribution in [0.1, 0.15) is 0 Å². The van der Waals surface area contributed by atoms with E-state index in [1.807, 2.05) is 37.4 Å². The summed E-state index contributed by atoms with van der Waals surface area (Å²) in [7, 11) is 3.44. The van der Waals surface area contributed by atoms with Crippen molar-refractivity contribution in [3.05, 3.63) is 53.9 Å². The van der Waals surface area contributed by atoms with Gasteiger partial charge in [-0.05, 0) is 24.3 Å². The van der Waals surface area contributed by atoms with Crippen LogP contribution in [-0.2, 0) is 0 Å². The summed E-state index contributed by atoms with van der Waals surface area (Å²) >= 11 is 0. The molecule has 24 heavy (non-hydrogen) atoms. The summed E-state index contributed by atoms with van der Waals surface area (Å²) in [5, 5.41) is 18.9. The van der Waals surface area contributed by atoms with Crippen molar-refractivity contribution in [2.75, 3.05) is 24.3 Å². The van der Waals surface area contributed by atoms with Crippen LogP contribution >= 0.6 is 0 Å². The second-order valence-corrected chi connectivity index (χ2v) is 5.25. The van der Waals surface area contributed by atoms with Crippen molar-refractivity contribution in [3.8, 4) is 0 Å². The van der Waals surface area contributed by atoms with Crippen LogP contribution in [0.25, 0.3) is 10.9 Å². The van der Waals surface area contributed by atoms with E-state index in [1.165, 1.54) is 10.6 Å². The Kier molecular flexibility index (Phi) is 3.99. The lowest BCUT2D eigenvalue weighted by atomic mass is 10.1. The molecule has 0 spiro atoms. The predicted molar refractivity (Wildman–Crippen MR) is 93.8 cm³/mol. The first kappa shape index (κ1) is 15.7. The van der Waals surface area contributed by atoms with Crippen molar-refractivity contribution in [1.29, 1.82) is 10.8 Å². The molecule has 122 valence electrons. The van der Waals surface area contributed by atoms with Crippen LogP contribution in [0.5, 0.6) is 0 Å². The van der Waals surface area contributed by atoms with Crippen LogP contribution in [0.2, 0.25) is 0 Å². The third-order valence-electron chi connectivity index (χ3n) is 3.89. The highest BCUT2D eigenvalue weighted by atomic mass is 19.1. The highest BCUT2D eigenvalue weighted by Gasteiger charge is 2.16. The van der Waals surface area contributed by atoms with Gasteiger partial charge in [0.05, 0.1) is 17.5 Å². The molecule has 0 aliphatic rings. The molecule has 0 bridgehead atoms. The molecule has 2 aromatic carbocycles. The highest BCUT2D eigenvalue weighted by molar-refractivity contribution is 5.96. The fraction of sp³-hybridized carbons (Fsp3) is 0.118. The number of hydrogen-bond donors (Lipinski definition) is 3. The number of nitrogens with one attached hydrogen (secondary N) is 3. The van der Waals surface area contributed by atoms with Crippen molar-refractivity contribution >= 4 is 34.4 Å². The van der Waals surface area contributed by atoms with Gasteiger partial charge in [0.15, 0.2) is 0 Å². The zero-order chi connectivity index (χ0) is 17.3. The van der Waals surface area contributed by atoms with Gasteiger partial charge in [-0.25, -0.2) is 4.39 Å². The predicted octanol–water partition coefficient (Wildman–Crippen LogP) is 2.92. The SMILES string of the molecule is CNc1cc2c(cc1F)c(N(C)c1ccccc1)nc(=N)n2C=N. The van der Waals surface area contributed by atoms with E-state index in [2.05, 4.69) is 10.3 Å². The van der Waals surface area contributed by atoms with Crippen molar-refractivity contribution in [1.82, 2.24) is 9.55 Å². The average Bonchev–Trinajstić information content (AvgIpc) is 2.61. The van der Waals surface area contributed by atoms with Gasteiger partial charge >= 0.3 is 0 Å². The zero-order valence-electron chi connectivity index (χ0n) is 13.3. The van der Waals surface area contributed by atoms with Gasteiger partial charge < -0.3 is 10.2 Å². The maximum Gasteiger partial charge on any atom is 0.229 e. The maximum absolute atomic E-state index is 14.3. The number of halogens is 1. The summed E-state index contributed by atoms with van der Waals surface area (Å²) in [6.45, 7) is 0. The molecule has 1 heterocycles. The number of hydrogen-bond acceptors (Lipinski definition) is 5.